The van der Waals surface area contributed by atoms with Crippen LogP contribution in [0.15, 0.2) is 18.2 Å². The van der Waals surface area contributed by atoms with Gasteiger partial charge < -0.3 is 11.1 Å². The van der Waals surface area contributed by atoms with Crippen molar-refractivity contribution in [3.8, 4) is 0 Å². The van der Waals surface area contributed by atoms with Crippen molar-refractivity contribution in [1.29, 1.82) is 0 Å². The average molecular weight is 292 g/mol. The number of nitrogens with one attached hydrogen (secondary N) is 2. The van der Waals surface area contributed by atoms with Crippen LogP contribution in [0.1, 0.15) is 6.92 Å². The van der Waals surface area contributed by atoms with Crippen molar-refractivity contribution < 1.29 is 13.2 Å². The zero-order chi connectivity index (χ0) is 13.9. The lowest BCUT2D eigenvalue weighted by Gasteiger charge is -2.10. The van der Waals surface area contributed by atoms with Crippen LogP contribution >= 0.6 is 11.6 Å². The quantitative estimate of drug-likeness (QED) is 0.770. The van der Waals surface area contributed by atoms with Gasteiger partial charge in [-0.3, -0.25) is 9.52 Å². The third-order valence-electron chi connectivity index (χ3n) is 1.95. The molecule has 6 nitrogen and oxygen atoms in total. The van der Waals surface area contributed by atoms with E-state index in [1.54, 1.807) is 6.92 Å². The second-order valence-corrected chi connectivity index (χ2v) is 6.00. The lowest BCUT2D eigenvalue weighted by atomic mass is 10.2. The van der Waals surface area contributed by atoms with Gasteiger partial charge in [0, 0.05) is 5.69 Å². The standard InChI is InChI=1S/C10H14ClN3O3S/c1-6(12)10(15)13-7-3-4-9(8(11)5-7)14-18(2,16)17/h3-6,14H,12H2,1-2H3,(H,13,15). The Bertz CT molecular complexity index is 557. The number of nitrogens with two attached hydrogens (primary N) is 1. The Labute approximate surface area is 111 Å². The van der Waals surface area contributed by atoms with Gasteiger partial charge >= 0.3 is 0 Å². The molecule has 0 aliphatic carbocycles. The predicted molar refractivity (Wildman–Crippen MR) is 72.2 cm³/mol. The fourth-order valence-corrected chi connectivity index (χ4v) is 1.99. The van der Waals surface area contributed by atoms with Crippen LogP contribution < -0.4 is 15.8 Å². The van der Waals surface area contributed by atoms with Gasteiger partial charge in [-0.05, 0) is 25.1 Å². The van der Waals surface area contributed by atoms with E-state index < -0.39 is 16.1 Å². The molecule has 0 spiro atoms. The molecule has 1 aromatic rings. The molecule has 1 rings (SSSR count). The SMILES string of the molecule is CC(N)C(=O)Nc1ccc(NS(C)(=O)=O)c(Cl)c1. The Hall–Kier alpha value is -1.31. The van der Waals surface area contributed by atoms with E-state index in [0.29, 0.717) is 5.69 Å². The molecule has 18 heavy (non-hydrogen) atoms. The fourth-order valence-electron chi connectivity index (χ4n) is 1.13. The first kappa shape index (κ1) is 14.7. The van der Waals surface area contributed by atoms with Crippen LogP contribution in [-0.2, 0) is 14.8 Å². The van der Waals surface area contributed by atoms with Gasteiger partial charge in [-0.1, -0.05) is 11.6 Å². The molecule has 1 aromatic carbocycles. The van der Waals surface area contributed by atoms with E-state index in [0.717, 1.165) is 6.26 Å². The van der Waals surface area contributed by atoms with E-state index in [9.17, 15) is 13.2 Å². The number of sulfonamides is 1. The topological polar surface area (TPSA) is 101 Å². The molecule has 8 heteroatoms. The molecule has 1 amide bonds. The number of rotatable bonds is 4. The minimum absolute atomic E-state index is 0.183. The highest BCUT2D eigenvalue weighted by Crippen LogP contribution is 2.26. The molecule has 0 aliphatic heterocycles. The molecule has 0 saturated carbocycles. The number of amides is 1. The number of anilines is 2. The molecule has 0 aliphatic rings. The van der Waals surface area contributed by atoms with Crippen LogP contribution in [0.4, 0.5) is 11.4 Å². The Balaban J connectivity index is 2.89. The number of benzene rings is 1. The minimum Gasteiger partial charge on any atom is -0.325 e. The molecule has 1 unspecified atom stereocenters. The maximum absolute atomic E-state index is 11.3. The third kappa shape index (κ3) is 4.52. The number of halogens is 1. The first-order chi connectivity index (χ1) is 8.19. The number of hydrogen-bond acceptors (Lipinski definition) is 4. The molecule has 0 bridgehead atoms. The van der Waals surface area contributed by atoms with Gasteiger partial charge in [0.25, 0.3) is 0 Å². The van der Waals surface area contributed by atoms with Crippen LogP contribution in [0, 0.1) is 0 Å². The Morgan fingerprint density at radius 3 is 2.50 bits per heavy atom. The summed E-state index contributed by atoms with van der Waals surface area (Å²) < 4.78 is 24.4. The molecule has 0 aromatic heterocycles. The van der Waals surface area contributed by atoms with Gasteiger partial charge in [0.05, 0.1) is 23.0 Å². The van der Waals surface area contributed by atoms with Crippen LogP contribution in [0.3, 0.4) is 0 Å². The largest absolute Gasteiger partial charge is 0.325 e. The maximum atomic E-state index is 11.3. The average Bonchev–Trinajstić information content (AvgIpc) is 2.20. The summed E-state index contributed by atoms with van der Waals surface area (Å²) in [6, 6.07) is 3.78. The normalized spacial score (nSPS) is 12.9. The molecule has 100 valence electrons. The molecule has 0 radical (unpaired) electrons. The van der Waals surface area contributed by atoms with E-state index in [2.05, 4.69) is 10.0 Å². The molecule has 0 saturated heterocycles. The van der Waals surface area contributed by atoms with Gasteiger partial charge in [-0.2, -0.15) is 0 Å². The van der Waals surface area contributed by atoms with Crippen LogP contribution in [0.25, 0.3) is 0 Å². The zero-order valence-electron chi connectivity index (χ0n) is 9.90. The summed E-state index contributed by atoms with van der Waals surface area (Å²) in [6.45, 7) is 1.55. The third-order valence-corrected chi connectivity index (χ3v) is 2.85. The van der Waals surface area contributed by atoms with Crippen molar-refractivity contribution in [3.63, 3.8) is 0 Å². The number of carbonyl (C=O) groups excluding carboxylic acids is 1. The van der Waals surface area contributed by atoms with E-state index in [-0.39, 0.29) is 16.6 Å². The molecule has 0 heterocycles. The Morgan fingerprint density at radius 1 is 1.44 bits per heavy atom. The van der Waals surface area contributed by atoms with Crippen molar-refractivity contribution in [2.75, 3.05) is 16.3 Å². The van der Waals surface area contributed by atoms with Crippen molar-refractivity contribution >= 4 is 38.9 Å². The molecule has 4 N–H and O–H groups in total. The highest BCUT2D eigenvalue weighted by molar-refractivity contribution is 7.92. The lowest BCUT2D eigenvalue weighted by Crippen LogP contribution is -2.32. The van der Waals surface area contributed by atoms with Crippen molar-refractivity contribution in [1.82, 2.24) is 0 Å². The summed E-state index contributed by atoms with van der Waals surface area (Å²) in [7, 11) is -3.39. The van der Waals surface area contributed by atoms with Gasteiger partial charge in [0.15, 0.2) is 0 Å². The predicted octanol–water partition coefficient (Wildman–Crippen LogP) is 0.997. The lowest BCUT2D eigenvalue weighted by molar-refractivity contribution is -0.117. The van der Waals surface area contributed by atoms with Crippen LogP contribution in [0.2, 0.25) is 5.02 Å². The second kappa shape index (κ2) is 5.55. The van der Waals surface area contributed by atoms with Gasteiger partial charge in [0.2, 0.25) is 15.9 Å². The summed E-state index contributed by atoms with van der Waals surface area (Å²) in [6.07, 6.45) is 1.02. The monoisotopic (exact) mass is 291 g/mol. The van der Waals surface area contributed by atoms with Crippen LogP contribution in [-0.4, -0.2) is 26.6 Å². The second-order valence-electron chi connectivity index (χ2n) is 3.85. The van der Waals surface area contributed by atoms with Crippen molar-refractivity contribution in [2.45, 2.75) is 13.0 Å². The molecular weight excluding hydrogens is 278 g/mol. The first-order valence-electron chi connectivity index (χ1n) is 5.03. The molecule has 0 fully saturated rings. The van der Waals surface area contributed by atoms with Gasteiger partial charge in [-0.15, -0.1) is 0 Å². The van der Waals surface area contributed by atoms with E-state index in [1.165, 1.54) is 18.2 Å². The highest BCUT2D eigenvalue weighted by atomic mass is 35.5. The summed E-state index contributed by atoms with van der Waals surface area (Å²) in [5.74, 6) is -0.352. The summed E-state index contributed by atoms with van der Waals surface area (Å²) in [4.78, 5) is 11.3. The summed E-state index contributed by atoms with van der Waals surface area (Å²) >= 11 is 5.89. The Kier molecular flexibility index (Phi) is 4.55. The van der Waals surface area contributed by atoms with E-state index >= 15 is 0 Å². The zero-order valence-corrected chi connectivity index (χ0v) is 11.5. The molecule has 1 atom stereocenters. The fraction of sp³-hybridized carbons (Fsp3) is 0.300. The number of carbonyl (C=O) groups is 1. The molecular formula is C10H14ClN3O3S. The number of hydrogen-bond donors (Lipinski definition) is 3. The first-order valence-corrected chi connectivity index (χ1v) is 7.30. The van der Waals surface area contributed by atoms with E-state index in [1.807, 2.05) is 0 Å². The van der Waals surface area contributed by atoms with Crippen LogP contribution in [0.5, 0.6) is 0 Å². The Morgan fingerprint density at radius 2 is 2.06 bits per heavy atom. The van der Waals surface area contributed by atoms with Crippen molar-refractivity contribution in [2.24, 2.45) is 5.73 Å². The van der Waals surface area contributed by atoms with Gasteiger partial charge in [-0.25, -0.2) is 8.42 Å². The minimum atomic E-state index is -3.39. The van der Waals surface area contributed by atoms with E-state index in [4.69, 9.17) is 17.3 Å². The smallest absolute Gasteiger partial charge is 0.240 e. The summed E-state index contributed by atoms with van der Waals surface area (Å²) in [5.41, 5.74) is 6.09. The highest BCUT2D eigenvalue weighted by Gasteiger charge is 2.10. The maximum Gasteiger partial charge on any atom is 0.240 e. The summed E-state index contributed by atoms with van der Waals surface area (Å²) in [5, 5.41) is 2.73. The van der Waals surface area contributed by atoms with Crippen molar-refractivity contribution in [3.05, 3.63) is 23.2 Å². The van der Waals surface area contributed by atoms with Gasteiger partial charge in [0.1, 0.15) is 0 Å².